The zero-order valence-electron chi connectivity index (χ0n) is 15.6. The number of alkyl halides is 3. The van der Waals surface area contributed by atoms with Crippen LogP contribution in [0.25, 0.3) is 6.08 Å². The van der Waals surface area contributed by atoms with Gasteiger partial charge in [-0.1, -0.05) is 24.3 Å². The van der Waals surface area contributed by atoms with Crippen molar-refractivity contribution in [3.05, 3.63) is 71.6 Å². The van der Waals surface area contributed by atoms with Gasteiger partial charge in [0.1, 0.15) is 5.82 Å². The first-order valence-corrected chi connectivity index (χ1v) is 10.4. The molecule has 30 heavy (non-hydrogen) atoms. The molecule has 3 rings (SSSR count). The Balaban J connectivity index is 1.66. The van der Waals surface area contributed by atoms with Crippen LogP contribution in [0.1, 0.15) is 11.1 Å². The first-order chi connectivity index (χ1) is 14.1. The maximum absolute atomic E-state index is 13.6. The van der Waals surface area contributed by atoms with Crippen LogP contribution in [0.5, 0.6) is 0 Å². The molecule has 0 saturated carbocycles. The van der Waals surface area contributed by atoms with Crippen LogP contribution in [0.4, 0.5) is 17.6 Å². The van der Waals surface area contributed by atoms with Crippen molar-refractivity contribution in [2.24, 2.45) is 0 Å². The summed E-state index contributed by atoms with van der Waals surface area (Å²) < 4.78 is 78.7. The van der Waals surface area contributed by atoms with E-state index in [4.69, 9.17) is 0 Å². The van der Waals surface area contributed by atoms with E-state index in [2.05, 4.69) is 0 Å². The molecule has 1 fully saturated rings. The van der Waals surface area contributed by atoms with Crippen molar-refractivity contribution in [3.63, 3.8) is 0 Å². The fourth-order valence-electron chi connectivity index (χ4n) is 3.01. The third-order valence-electron chi connectivity index (χ3n) is 4.66. The molecule has 10 heteroatoms. The minimum Gasteiger partial charge on any atom is -0.337 e. The van der Waals surface area contributed by atoms with Crippen molar-refractivity contribution in [2.75, 3.05) is 26.2 Å². The molecule has 1 heterocycles. The van der Waals surface area contributed by atoms with E-state index in [9.17, 15) is 30.8 Å². The second-order valence-electron chi connectivity index (χ2n) is 6.61. The Morgan fingerprint density at radius 3 is 2.27 bits per heavy atom. The zero-order valence-corrected chi connectivity index (χ0v) is 16.5. The number of nitrogens with zero attached hydrogens (tertiary/aromatic N) is 2. The van der Waals surface area contributed by atoms with Crippen molar-refractivity contribution < 1.29 is 30.8 Å². The summed E-state index contributed by atoms with van der Waals surface area (Å²) in [5.74, 6) is -0.882. The molecule has 0 radical (unpaired) electrons. The predicted octanol–water partition coefficient (Wildman–Crippen LogP) is 3.39. The van der Waals surface area contributed by atoms with Gasteiger partial charge in [0.25, 0.3) is 0 Å². The van der Waals surface area contributed by atoms with E-state index in [0.29, 0.717) is 6.07 Å². The lowest BCUT2D eigenvalue weighted by Gasteiger charge is -2.33. The molecule has 2 aromatic carbocycles. The lowest BCUT2D eigenvalue weighted by Crippen LogP contribution is -2.50. The van der Waals surface area contributed by atoms with Gasteiger partial charge in [-0.2, -0.15) is 17.5 Å². The molecule has 1 amide bonds. The Labute approximate surface area is 171 Å². The third kappa shape index (κ3) is 4.88. The third-order valence-corrected chi connectivity index (χ3v) is 6.55. The number of carbonyl (C=O) groups excluding carboxylic acids is 1. The number of hydrogen-bond acceptors (Lipinski definition) is 3. The zero-order chi connectivity index (χ0) is 21.9. The van der Waals surface area contributed by atoms with Crippen molar-refractivity contribution in [2.45, 2.75) is 11.1 Å². The summed E-state index contributed by atoms with van der Waals surface area (Å²) in [7, 11) is -4.13. The Kier molecular flexibility index (Phi) is 6.27. The van der Waals surface area contributed by atoms with Gasteiger partial charge in [0.05, 0.1) is 10.5 Å². The highest BCUT2D eigenvalue weighted by Gasteiger charge is 2.34. The van der Waals surface area contributed by atoms with E-state index < -0.39 is 38.4 Å². The molecular formula is C20H18F4N2O3S. The van der Waals surface area contributed by atoms with E-state index in [-0.39, 0.29) is 31.7 Å². The average molecular weight is 442 g/mol. The lowest BCUT2D eigenvalue weighted by molar-refractivity contribution is -0.137. The molecule has 1 aliphatic rings. The predicted molar refractivity (Wildman–Crippen MR) is 102 cm³/mol. The average Bonchev–Trinajstić information content (AvgIpc) is 2.72. The number of rotatable bonds is 4. The van der Waals surface area contributed by atoms with Gasteiger partial charge in [-0.05, 0) is 30.3 Å². The SMILES string of the molecule is O=C(/C=C/c1ccccc1F)N1CCN(S(=O)(=O)c2cccc(C(F)(F)F)c2)CC1. The van der Waals surface area contributed by atoms with E-state index in [1.54, 1.807) is 6.07 Å². The number of piperazine rings is 1. The second kappa shape index (κ2) is 8.57. The maximum atomic E-state index is 13.6. The fraction of sp³-hybridized carbons (Fsp3) is 0.250. The number of benzene rings is 2. The number of amides is 1. The summed E-state index contributed by atoms with van der Waals surface area (Å²) in [6.07, 6.45) is -2.11. The summed E-state index contributed by atoms with van der Waals surface area (Å²) >= 11 is 0. The molecule has 0 unspecified atom stereocenters. The molecule has 1 aliphatic heterocycles. The van der Waals surface area contributed by atoms with Crippen LogP contribution in [-0.2, 0) is 21.0 Å². The molecule has 160 valence electrons. The van der Waals surface area contributed by atoms with Crippen molar-refractivity contribution in [1.29, 1.82) is 0 Å². The highest BCUT2D eigenvalue weighted by Crippen LogP contribution is 2.31. The van der Waals surface area contributed by atoms with E-state index in [1.165, 1.54) is 35.3 Å². The van der Waals surface area contributed by atoms with Gasteiger partial charge >= 0.3 is 6.18 Å². The van der Waals surface area contributed by atoms with Crippen LogP contribution in [0.3, 0.4) is 0 Å². The molecule has 1 saturated heterocycles. The van der Waals surface area contributed by atoms with Crippen molar-refractivity contribution >= 4 is 22.0 Å². The number of halogens is 4. The molecule has 0 atom stereocenters. The van der Waals surface area contributed by atoms with E-state index in [1.807, 2.05) is 0 Å². The van der Waals surface area contributed by atoms with Gasteiger partial charge in [-0.25, -0.2) is 12.8 Å². The van der Waals surface area contributed by atoms with Crippen LogP contribution in [0, 0.1) is 5.82 Å². The van der Waals surface area contributed by atoms with Crippen LogP contribution in [-0.4, -0.2) is 49.7 Å². The summed E-state index contributed by atoms with van der Waals surface area (Å²) in [5.41, 5.74) is -0.799. The molecular weight excluding hydrogens is 424 g/mol. The summed E-state index contributed by atoms with van der Waals surface area (Å²) in [6, 6.07) is 9.49. The molecule has 0 bridgehead atoms. The smallest absolute Gasteiger partial charge is 0.337 e. The van der Waals surface area contributed by atoms with Crippen LogP contribution in [0.15, 0.2) is 59.5 Å². The summed E-state index contributed by atoms with van der Waals surface area (Å²) in [6.45, 7) is 0.0208. The number of sulfonamides is 1. The van der Waals surface area contributed by atoms with E-state index >= 15 is 0 Å². The second-order valence-corrected chi connectivity index (χ2v) is 8.55. The lowest BCUT2D eigenvalue weighted by atomic mass is 10.2. The largest absolute Gasteiger partial charge is 0.416 e. The monoisotopic (exact) mass is 442 g/mol. The van der Waals surface area contributed by atoms with Gasteiger partial charge in [-0.15, -0.1) is 0 Å². The number of hydrogen-bond donors (Lipinski definition) is 0. The van der Waals surface area contributed by atoms with Gasteiger partial charge in [0.2, 0.25) is 15.9 Å². The van der Waals surface area contributed by atoms with Crippen LogP contribution in [0.2, 0.25) is 0 Å². The first-order valence-electron chi connectivity index (χ1n) is 8.98. The fourth-order valence-corrected chi connectivity index (χ4v) is 4.48. The van der Waals surface area contributed by atoms with Gasteiger partial charge < -0.3 is 4.90 Å². The molecule has 0 aliphatic carbocycles. The van der Waals surface area contributed by atoms with Crippen LogP contribution < -0.4 is 0 Å². The van der Waals surface area contributed by atoms with Gasteiger partial charge in [-0.3, -0.25) is 4.79 Å². The van der Waals surface area contributed by atoms with E-state index in [0.717, 1.165) is 22.5 Å². The summed E-state index contributed by atoms with van der Waals surface area (Å²) in [4.78, 5) is 13.2. The highest BCUT2D eigenvalue weighted by molar-refractivity contribution is 7.89. The van der Waals surface area contributed by atoms with Crippen LogP contribution >= 0.6 is 0 Å². The Morgan fingerprint density at radius 1 is 0.967 bits per heavy atom. The highest BCUT2D eigenvalue weighted by atomic mass is 32.2. The normalized spacial score (nSPS) is 16.2. The minimum absolute atomic E-state index is 0.0577. The van der Waals surface area contributed by atoms with Gasteiger partial charge in [0, 0.05) is 37.8 Å². The van der Waals surface area contributed by atoms with Crippen molar-refractivity contribution in [3.8, 4) is 0 Å². The molecule has 2 aromatic rings. The van der Waals surface area contributed by atoms with Gasteiger partial charge in [0.15, 0.2) is 0 Å². The Morgan fingerprint density at radius 2 is 1.63 bits per heavy atom. The Bertz CT molecular complexity index is 1060. The Hall–Kier alpha value is -2.72. The molecule has 0 N–H and O–H groups in total. The first kappa shape index (κ1) is 22.0. The number of carbonyl (C=O) groups is 1. The standard InChI is InChI=1S/C20H18F4N2O3S/c21-18-7-2-1-4-15(18)8-9-19(27)25-10-12-26(13-11-25)30(28,29)17-6-3-5-16(14-17)20(22,23)24/h1-9,14H,10-13H2/b9-8+. The molecule has 5 nitrogen and oxygen atoms in total. The molecule has 0 aromatic heterocycles. The minimum atomic E-state index is -4.65. The topological polar surface area (TPSA) is 57.7 Å². The molecule has 0 spiro atoms. The maximum Gasteiger partial charge on any atom is 0.416 e. The quantitative estimate of drug-likeness (QED) is 0.539. The van der Waals surface area contributed by atoms with Crippen molar-refractivity contribution in [1.82, 2.24) is 9.21 Å². The summed E-state index contributed by atoms with van der Waals surface area (Å²) in [5, 5.41) is 0.